The molecule has 2 aliphatic heterocycles. The van der Waals surface area contributed by atoms with Gasteiger partial charge in [-0.1, -0.05) is 17.7 Å². The second-order valence-electron chi connectivity index (χ2n) is 10.8. The molecule has 0 radical (unpaired) electrons. The Morgan fingerprint density at radius 3 is 2.63 bits per heavy atom. The Kier molecular flexibility index (Phi) is 10.6. The third kappa shape index (κ3) is 8.08. The molecule has 1 aliphatic carbocycles. The zero-order chi connectivity index (χ0) is 30.2. The molecule has 5 rings (SSSR count). The Hall–Kier alpha value is -3.57. The minimum Gasteiger partial charge on any atom is -0.474 e. The molecule has 1 saturated carbocycles. The van der Waals surface area contributed by atoms with Gasteiger partial charge in [0.1, 0.15) is 29.8 Å². The standard InChI is InChI=1S/C32H38FN3O6S/c1-3-40-36(32(38)26-18-21(2)7-12-28(26)42-29-6-4-5-15-39-29)24-10-8-23(9-11-24)35-30(37)27-19-22(33)20-34-31(27)41-25-13-16-43-17-14-25/h4-7,12,18-20,23-25H,3,8-11,13-17H2,1-2H3,(H,35,37). The highest BCUT2D eigenvalue weighted by Crippen LogP contribution is 2.30. The first kappa shape index (κ1) is 30.9. The summed E-state index contributed by atoms with van der Waals surface area (Å²) in [7, 11) is 0. The molecule has 9 nitrogen and oxygen atoms in total. The van der Waals surface area contributed by atoms with Crippen molar-refractivity contribution in [1.29, 1.82) is 0 Å². The number of aryl methyl sites for hydroxylation is 1. The number of aromatic nitrogens is 1. The third-order valence-corrected chi connectivity index (χ3v) is 8.66. The molecule has 2 amide bonds. The molecule has 230 valence electrons. The number of thioether (sulfide) groups is 1. The summed E-state index contributed by atoms with van der Waals surface area (Å²) >= 11 is 1.87. The van der Waals surface area contributed by atoms with Crippen molar-refractivity contribution in [2.24, 2.45) is 0 Å². The Bertz CT molecular complexity index is 1350. The highest BCUT2D eigenvalue weighted by Gasteiger charge is 2.33. The first-order valence-electron chi connectivity index (χ1n) is 14.9. The molecule has 1 N–H and O–H groups in total. The van der Waals surface area contributed by atoms with Gasteiger partial charge in [0.25, 0.3) is 17.8 Å². The van der Waals surface area contributed by atoms with Gasteiger partial charge < -0.3 is 19.5 Å². The summed E-state index contributed by atoms with van der Waals surface area (Å²) in [5, 5.41) is 4.48. The predicted molar refractivity (Wildman–Crippen MR) is 161 cm³/mol. The van der Waals surface area contributed by atoms with Gasteiger partial charge in [-0.3, -0.25) is 14.4 Å². The van der Waals surface area contributed by atoms with Gasteiger partial charge in [-0.25, -0.2) is 14.4 Å². The summed E-state index contributed by atoms with van der Waals surface area (Å²) in [5.41, 5.74) is 1.39. The van der Waals surface area contributed by atoms with Crippen LogP contribution in [0.3, 0.4) is 0 Å². The monoisotopic (exact) mass is 611 g/mol. The Labute approximate surface area is 255 Å². The molecule has 11 heteroatoms. The summed E-state index contributed by atoms with van der Waals surface area (Å²) in [5.74, 6) is 1.54. The van der Waals surface area contributed by atoms with Crippen molar-refractivity contribution < 1.29 is 33.0 Å². The number of hydroxylamine groups is 2. The molecule has 0 unspecified atom stereocenters. The van der Waals surface area contributed by atoms with Crippen LogP contribution in [0.25, 0.3) is 0 Å². The number of hydrogen-bond acceptors (Lipinski definition) is 8. The van der Waals surface area contributed by atoms with Crippen LogP contribution in [0.1, 0.15) is 71.7 Å². The third-order valence-electron chi connectivity index (χ3n) is 7.61. The van der Waals surface area contributed by atoms with Crippen molar-refractivity contribution in [3.05, 3.63) is 77.1 Å². The number of ether oxygens (including phenoxy) is 3. The number of hydrogen-bond donors (Lipinski definition) is 1. The fourth-order valence-electron chi connectivity index (χ4n) is 5.39. The minimum absolute atomic E-state index is 0.0358. The maximum Gasteiger partial charge on any atom is 0.284 e. The van der Waals surface area contributed by atoms with Gasteiger partial charge in [0.05, 0.1) is 24.4 Å². The average Bonchev–Trinajstić information content (AvgIpc) is 3.03. The molecule has 0 atom stereocenters. The van der Waals surface area contributed by atoms with E-state index in [0.717, 1.165) is 36.1 Å². The molecule has 43 heavy (non-hydrogen) atoms. The van der Waals surface area contributed by atoms with Crippen LogP contribution in [-0.2, 0) is 9.57 Å². The van der Waals surface area contributed by atoms with Crippen molar-refractivity contribution in [2.75, 3.05) is 24.7 Å². The van der Waals surface area contributed by atoms with Crippen LogP contribution in [0, 0.1) is 12.7 Å². The maximum atomic E-state index is 14.1. The number of benzene rings is 1. The lowest BCUT2D eigenvalue weighted by molar-refractivity contribution is -0.151. The number of nitrogens with one attached hydrogen (secondary N) is 1. The van der Waals surface area contributed by atoms with Crippen molar-refractivity contribution in [3.8, 4) is 11.6 Å². The summed E-state index contributed by atoms with van der Waals surface area (Å²) in [4.78, 5) is 37.1. The number of carbonyl (C=O) groups is 2. The Morgan fingerprint density at radius 2 is 1.91 bits per heavy atom. The molecule has 1 aromatic heterocycles. The zero-order valence-electron chi connectivity index (χ0n) is 24.6. The van der Waals surface area contributed by atoms with Crippen molar-refractivity contribution >= 4 is 23.6 Å². The Balaban J connectivity index is 1.23. The quantitative estimate of drug-likeness (QED) is 0.340. The maximum absolute atomic E-state index is 14.1. The lowest BCUT2D eigenvalue weighted by Gasteiger charge is -2.36. The number of nitrogens with zero attached hydrogens (tertiary/aromatic N) is 2. The minimum atomic E-state index is -0.589. The first-order valence-corrected chi connectivity index (χ1v) is 16.0. The second kappa shape index (κ2) is 14.7. The van der Waals surface area contributed by atoms with Gasteiger partial charge in [-0.2, -0.15) is 11.8 Å². The molecule has 0 bridgehead atoms. The summed E-state index contributed by atoms with van der Waals surface area (Å²) in [6, 6.07) is 6.26. The van der Waals surface area contributed by atoms with Crippen LogP contribution in [-0.4, -0.2) is 64.8 Å². The summed E-state index contributed by atoms with van der Waals surface area (Å²) in [6.07, 6.45) is 10.6. The number of amides is 2. The van der Waals surface area contributed by atoms with E-state index in [1.54, 1.807) is 18.2 Å². The van der Waals surface area contributed by atoms with Crippen molar-refractivity contribution in [1.82, 2.24) is 15.4 Å². The van der Waals surface area contributed by atoms with E-state index in [4.69, 9.17) is 19.0 Å². The van der Waals surface area contributed by atoms with Crippen LogP contribution in [0.2, 0.25) is 0 Å². The summed E-state index contributed by atoms with van der Waals surface area (Å²) in [6.45, 7) is 4.47. The molecule has 0 spiro atoms. The van der Waals surface area contributed by atoms with E-state index in [1.807, 2.05) is 43.8 Å². The Morgan fingerprint density at radius 1 is 1.12 bits per heavy atom. The van der Waals surface area contributed by atoms with Crippen LogP contribution < -0.4 is 14.8 Å². The molecular formula is C32H38FN3O6S. The molecule has 3 aliphatic rings. The number of pyridine rings is 1. The number of halogens is 1. The molecule has 2 aromatic rings. The second-order valence-corrected chi connectivity index (χ2v) is 12.0. The van der Waals surface area contributed by atoms with E-state index in [1.165, 1.54) is 11.1 Å². The van der Waals surface area contributed by atoms with E-state index >= 15 is 0 Å². The van der Waals surface area contributed by atoms with Gasteiger partial charge >= 0.3 is 0 Å². The van der Waals surface area contributed by atoms with E-state index < -0.39 is 11.7 Å². The molecule has 1 saturated heterocycles. The van der Waals surface area contributed by atoms with E-state index in [-0.39, 0.29) is 35.5 Å². The lowest BCUT2D eigenvalue weighted by atomic mass is 9.90. The SMILES string of the molecule is CCON(C(=O)c1cc(C)ccc1OC1=CC=CCO1)C1CCC(NC(=O)c2cc(F)cnc2OC2CCSCC2)CC1. The fourth-order valence-corrected chi connectivity index (χ4v) is 6.46. The average molecular weight is 612 g/mol. The summed E-state index contributed by atoms with van der Waals surface area (Å²) < 4.78 is 31.6. The lowest BCUT2D eigenvalue weighted by Crippen LogP contribution is -2.46. The normalized spacial score (nSPS) is 20.5. The fraction of sp³-hybridized carbons (Fsp3) is 0.469. The number of rotatable bonds is 10. The van der Waals surface area contributed by atoms with Crippen LogP contribution in [0.4, 0.5) is 4.39 Å². The van der Waals surface area contributed by atoms with Crippen LogP contribution >= 0.6 is 11.8 Å². The van der Waals surface area contributed by atoms with E-state index in [0.29, 0.717) is 56.2 Å². The van der Waals surface area contributed by atoms with Gasteiger partial charge in [0.15, 0.2) is 0 Å². The van der Waals surface area contributed by atoms with E-state index in [2.05, 4.69) is 10.3 Å². The molecule has 1 aromatic carbocycles. The van der Waals surface area contributed by atoms with Crippen molar-refractivity contribution in [3.63, 3.8) is 0 Å². The van der Waals surface area contributed by atoms with Gasteiger partial charge in [-0.15, -0.1) is 0 Å². The van der Waals surface area contributed by atoms with Gasteiger partial charge in [0.2, 0.25) is 5.88 Å². The topological polar surface area (TPSA) is 99.2 Å². The van der Waals surface area contributed by atoms with E-state index in [9.17, 15) is 14.0 Å². The number of allylic oxidation sites excluding steroid dienone is 2. The van der Waals surface area contributed by atoms with Crippen molar-refractivity contribution in [2.45, 2.75) is 70.6 Å². The highest BCUT2D eigenvalue weighted by atomic mass is 32.2. The predicted octanol–water partition coefficient (Wildman–Crippen LogP) is 5.75. The molecule has 3 heterocycles. The van der Waals surface area contributed by atoms with Gasteiger partial charge in [-0.05, 0) is 88.2 Å². The van der Waals surface area contributed by atoms with Gasteiger partial charge in [0, 0.05) is 12.1 Å². The zero-order valence-corrected chi connectivity index (χ0v) is 25.4. The molecule has 2 fully saturated rings. The molecular weight excluding hydrogens is 573 g/mol. The largest absolute Gasteiger partial charge is 0.474 e. The first-order chi connectivity index (χ1) is 20.9. The highest BCUT2D eigenvalue weighted by molar-refractivity contribution is 7.99. The van der Waals surface area contributed by atoms with Crippen LogP contribution in [0.15, 0.2) is 54.6 Å². The number of carbonyl (C=O) groups excluding carboxylic acids is 2. The smallest absolute Gasteiger partial charge is 0.284 e. The van der Waals surface area contributed by atoms with Crippen LogP contribution in [0.5, 0.6) is 11.6 Å².